The molecule has 0 saturated carbocycles. The molecule has 1 saturated heterocycles. The summed E-state index contributed by atoms with van der Waals surface area (Å²) in [5, 5.41) is 9.19. The maximum atomic E-state index is 9.19. The van der Waals surface area contributed by atoms with Gasteiger partial charge in [0, 0.05) is 18.8 Å². The molecule has 0 bridgehead atoms. The molecular weight excluding hydrogens is 230 g/mol. The monoisotopic (exact) mass is 251 g/mol. The molecule has 18 heavy (non-hydrogen) atoms. The Morgan fingerprint density at radius 1 is 1.67 bits per heavy atom. The first-order valence-corrected chi connectivity index (χ1v) is 6.32. The van der Waals surface area contributed by atoms with Crippen molar-refractivity contribution in [3.63, 3.8) is 0 Å². The first-order chi connectivity index (χ1) is 8.61. The molecular formula is C13H21N3O2. The zero-order valence-electron chi connectivity index (χ0n) is 10.9. The Balaban J connectivity index is 2.20. The first kappa shape index (κ1) is 13.3. The van der Waals surface area contributed by atoms with Crippen molar-refractivity contribution in [1.29, 1.82) is 0 Å². The average Bonchev–Trinajstić information content (AvgIpc) is 2.39. The molecule has 0 aromatic carbocycles. The van der Waals surface area contributed by atoms with Crippen LogP contribution in [0.5, 0.6) is 0 Å². The van der Waals surface area contributed by atoms with E-state index in [9.17, 15) is 5.11 Å². The number of ether oxygens (including phenoxy) is 1. The Kier molecular flexibility index (Phi) is 4.16. The molecule has 1 aliphatic rings. The molecule has 0 spiro atoms. The fraction of sp³-hybridized carbons (Fsp3) is 0.615. The van der Waals surface area contributed by atoms with E-state index >= 15 is 0 Å². The molecule has 3 N–H and O–H groups in total. The predicted molar refractivity (Wildman–Crippen MR) is 70.5 cm³/mol. The third-order valence-corrected chi connectivity index (χ3v) is 3.30. The Bertz CT molecular complexity index is 398. The summed E-state index contributed by atoms with van der Waals surface area (Å²) in [4.78, 5) is 6.56. The highest BCUT2D eigenvalue weighted by Crippen LogP contribution is 2.22. The van der Waals surface area contributed by atoms with Crippen molar-refractivity contribution in [2.24, 2.45) is 5.73 Å². The summed E-state index contributed by atoms with van der Waals surface area (Å²) in [6, 6.07) is 4.20. The zero-order valence-corrected chi connectivity index (χ0v) is 10.9. The molecule has 1 aromatic rings. The molecule has 1 fully saturated rings. The van der Waals surface area contributed by atoms with Gasteiger partial charge in [-0.3, -0.25) is 0 Å². The van der Waals surface area contributed by atoms with Crippen molar-refractivity contribution < 1.29 is 9.84 Å². The summed E-state index contributed by atoms with van der Waals surface area (Å²) in [6.45, 7) is 5.35. The standard InChI is InChI=1S/C13H21N3O2/c1-9-8-18-12(7-17)6-16(9)13-5-11(10(2)14)3-4-15-13/h3-5,9-10,12,17H,6-8,14H2,1-2H3/t9?,10-,12?/m0/s1. The van der Waals surface area contributed by atoms with Gasteiger partial charge in [0.05, 0.1) is 25.4 Å². The summed E-state index contributed by atoms with van der Waals surface area (Å²) in [5.41, 5.74) is 6.96. The van der Waals surface area contributed by atoms with Gasteiger partial charge in [-0.05, 0) is 31.5 Å². The van der Waals surface area contributed by atoms with Crippen LogP contribution in [0.15, 0.2) is 18.3 Å². The van der Waals surface area contributed by atoms with E-state index in [4.69, 9.17) is 10.5 Å². The SMILES string of the molecule is CC1COC(CO)CN1c1cc([C@H](C)N)ccn1. The van der Waals surface area contributed by atoms with Gasteiger partial charge in [-0.25, -0.2) is 4.98 Å². The number of rotatable bonds is 3. The summed E-state index contributed by atoms with van der Waals surface area (Å²) < 4.78 is 5.52. The highest BCUT2D eigenvalue weighted by atomic mass is 16.5. The number of hydrogen-bond acceptors (Lipinski definition) is 5. The van der Waals surface area contributed by atoms with Crippen LogP contribution in [0.25, 0.3) is 0 Å². The van der Waals surface area contributed by atoms with E-state index in [2.05, 4.69) is 16.8 Å². The van der Waals surface area contributed by atoms with Gasteiger partial charge in [-0.2, -0.15) is 0 Å². The minimum atomic E-state index is -0.137. The predicted octanol–water partition coefficient (Wildman–Crippen LogP) is 0.687. The van der Waals surface area contributed by atoms with Gasteiger partial charge in [0.15, 0.2) is 0 Å². The van der Waals surface area contributed by atoms with Gasteiger partial charge in [0.25, 0.3) is 0 Å². The molecule has 0 aliphatic carbocycles. The number of morpholine rings is 1. The number of aromatic nitrogens is 1. The lowest BCUT2D eigenvalue weighted by Gasteiger charge is -2.38. The molecule has 5 nitrogen and oxygen atoms in total. The number of anilines is 1. The van der Waals surface area contributed by atoms with Crippen LogP contribution in [0.3, 0.4) is 0 Å². The lowest BCUT2D eigenvalue weighted by atomic mass is 10.1. The van der Waals surface area contributed by atoms with E-state index in [0.717, 1.165) is 11.4 Å². The van der Waals surface area contributed by atoms with E-state index in [1.807, 2.05) is 19.1 Å². The topological polar surface area (TPSA) is 71.6 Å². The van der Waals surface area contributed by atoms with Crippen molar-refractivity contribution in [1.82, 2.24) is 4.98 Å². The zero-order chi connectivity index (χ0) is 13.1. The number of pyridine rings is 1. The minimum Gasteiger partial charge on any atom is -0.394 e. The molecule has 100 valence electrons. The summed E-state index contributed by atoms with van der Waals surface area (Å²) in [7, 11) is 0. The summed E-state index contributed by atoms with van der Waals surface area (Å²) in [5.74, 6) is 0.902. The van der Waals surface area contributed by atoms with Gasteiger partial charge in [0.1, 0.15) is 5.82 Å². The van der Waals surface area contributed by atoms with Gasteiger partial charge in [0.2, 0.25) is 0 Å². The maximum Gasteiger partial charge on any atom is 0.129 e. The number of nitrogens with zero attached hydrogens (tertiary/aromatic N) is 2. The molecule has 0 radical (unpaired) electrons. The smallest absolute Gasteiger partial charge is 0.129 e. The van der Waals surface area contributed by atoms with Crippen molar-refractivity contribution >= 4 is 5.82 Å². The van der Waals surface area contributed by atoms with Crippen LogP contribution in [0.2, 0.25) is 0 Å². The van der Waals surface area contributed by atoms with Crippen molar-refractivity contribution in [3.8, 4) is 0 Å². The lowest BCUT2D eigenvalue weighted by Crippen LogP contribution is -2.50. The van der Waals surface area contributed by atoms with Crippen LogP contribution in [-0.4, -0.2) is 42.0 Å². The Morgan fingerprint density at radius 2 is 2.44 bits per heavy atom. The molecule has 2 heterocycles. The third kappa shape index (κ3) is 2.80. The molecule has 0 amide bonds. The molecule has 1 aliphatic heterocycles. The minimum absolute atomic E-state index is 0.00302. The average molecular weight is 251 g/mol. The van der Waals surface area contributed by atoms with Gasteiger partial charge in [-0.15, -0.1) is 0 Å². The van der Waals surface area contributed by atoms with E-state index in [1.165, 1.54) is 0 Å². The highest BCUT2D eigenvalue weighted by Gasteiger charge is 2.26. The maximum absolute atomic E-state index is 9.19. The molecule has 5 heteroatoms. The van der Waals surface area contributed by atoms with Crippen LogP contribution >= 0.6 is 0 Å². The highest BCUT2D eigenvalue weighted by molar-refractivity contribution is 5.43. The largest absolute Gasteiger partial charge is 0.394 e. The van der Waals surface area contributed by atoms with Crippen molar-refractivity contribution in [2.75, 3.05) is 24.7 Å². The number of nitrogens with two attached hydrogens (primary N) is 1. The fourth-order valence-electron chi connectivity index (χ4n) is 2.12. The summed E-state index contributed by atoms with van der Waals surface area (Å²) in [6.07, 6.45) is 1.64. The Labute approximate surface area is 108 Å². The first-order valence-electron chi connectivity index (χ1n) is 6.32. The van der Waals surface area contributed by atoms with Crippen LogP contribution < -0.4 is 10.6 Å². The van der Waals surface area contributed by atoms with Crippen molar-refractivity contribution in [3.05, 3.63) is 23.9 Å². The Morgan fingerprint density at radius 3 is 3.11 bits per heavy atom. The molecule has 2 rings (SSSR count). The second-order valence-electron chi connectivity index (χ2n) is 4.88. The molecule has 1 aromatic heterocycles. The molecule has 2 unspecified atom stereocenters. The van der Waals surface area contributed by atoms with E-state index < -0.39 is 0 Å². The van der Waals surface area contributed by atoms with Gasteiger partial charge < -0.3 is 20.5 Å². The second kappa shape index (κ2) is 5.65. The van der Waals surface area contributed by atoms with E-state index in [0.29, 0.717) is 13.2 Å². The Hall–Kier alpha value is -1.17. The van der Waals surface area contributed by atoms with Crippen molar-refractivity contribution in [2.45, 2.75) is 32.0 Å². The number of hydrogen-bond donors (Lipinski definition) is 2. The normalized spacial score (nSPS) is 26.1. The number of aliphatic hydroxyl groups is 1. The van der Waals surface area contributed by atoms with Crippen LogP contribution in [-0.2, 0) is 4.74 Å². The number of aliphatic hydroxyl groups excluding tert-OH is 1. The fourth-order valence-corrected chi connectivity index (χ4v) is 2.12. The quantitative estimate of drug-likeness (QED) is 0.827. The van der Waals surface area contributed by atoms with Crippen LogP contribution in [0, 0.1) is 0 Å². The second-order valence-corrected chi connectivity index (χ2v) is 4.88. The van der Waals surface area contributed by atoms with Gasteiger partial charge >= 0.3 is 0 Å². The molecule has 3 atom stereocenters. The lowest BCUT2D eigenvalue weighted by molar-refractivity contribution is -0.0105. The van der Waals surface area contributed by atoms with E-state index in [-0.39, 0.29) is 24.8 Å². The van der Waals surface area contributed by atoms with Gasteiger partial charge in [-0.1, -0.05) is 0 Å². The van der Waals surface area contributed by atoms with Crippen LogP contribution in [0.1, 0.15) is 25.5 Å². The van der Waals surface area contributed by atoms with E-state index in [1.54, 1.807) is 6.20 Å². The summed E-state index contributed by atoms with van der Waals surface area (Å²) >= 11 is 0. The van der Waals surface area contributed by atoms with Crippen LogP contribution in [0.4, 0.5) is 5.82 Å². The third-order valence-electron chi connectivity index (χ3n) is 3.30.